The highest BCUT2D eigenvalue weighted by molar-refractivity contribution is 5.05. The van der Waals surface area contributed by atoms with E-state index in [1.165, 1.54) is 13.2 Å². The van der Waals surface area contributed by atoms with Crippen molar-refractivity contribution in [2.75, 3.05) is 19.6 Å². The molecular formula is C10H14FN3O2. The van der Waals surface area contributed by atoms with Crippen LogP contribution in [0.15, 0.2) is 15.8 Å². The molecule has 1 N–H and O–H groups in total. The molecule has 0 radical (unpaired) electrons. The summed E-state index contributed by atoms with van der Waals surface area (Å²) in [7, 11) is 1.44. The molecule has 1 aromatic rings. The van der Waals surface area contributed by atoms with Gasteiger partial charge in [0.15, 0.2) is 0 Å². The second-order valence-electron chi connectivity index (χ2n) is 4.09. The number of alkyl halides is 1. The summed E-state index contributed by atoms with van der Waals surface area (Å²) >= 11 is 0. The Hall–Kier alpha value is -1.43. The summed E-state index contributed by atoms with van der Waals surface area (Å²) in [5, 5.41) is 0. The van der Waals surface area contributed by atoms with Gasteiger partial charge < -0.3 is 4.98 Å². The number of rotatable bonds is 3. The molecule has 0 aromatic carbocycles. The lowest BCUT2D eigenvalue weighted by atomic mass is 10.1. The molecule has 5 nitrogen and oxygen atoms in total. The third-order valence-corrected chi connectivity index (χ3v) is 2.86. The lowest BCUT2D eigenvalue weighted by molar-refractivity contribution is 0.0669. The lowest BCUT2D eigenvalue weighted by Gasteiger charge is -2.34. The van der Waals surface area contributed by atoms with Crippen molar-refractivity contribution in [2.45, 2.75) is 12.6 Å². The second kappa shape index (κ2) is 4.21. The first kappa shape index (κ1) is 11.1. The fourth-order valence-corrected chi connectivity index (χ4v) is 1.76. The predicted molar refractivity (Wildman–Crippen MR) is 57.3 cm³/mol. The van der Waals surface area contributed by atoms with Gasteiger partial charge >= 0.3 is 5.69 Å². The van der Waals surface area contributed by atoms with Crippen molar-refractivity contribution in [3.05, 3.63) is 32.6 Å². The normalized spacial score (nSPS) is 17.4. The summed E-state index contributed by atoms with van der Waals surface area (Å²) in [5.41, 5.74) is -0.132. The minimum absolute atomic E-state index is 0.277. The van der Waals surface area contributed by atoms with Crippen LogP contribution < -0.4 is 11.2 Å². The van der Waals surface area contributed by atoms with Crippen LogP contribution in [-0.2, 0) is 13.5 Å². The first-order valence-electron chi connectivity index (χ1n) is 5.22. The molecule has 0 bridgehead atoms. The Labute approximate surface area is 91.5 Å². The number of aromatic amines is 1. The van der Waals surface area contributed by atoms with Crippen molar-refractivity contribution >= 4 is 0 Å². The summed E-state index contributed by atoms with van der Waals surface area (Å²) in [6, 6.07) is 0. The van der Waals surface area contributed by atoms with Gasteiger partial charge in [0.1, 0.15) is 6.17 Å². The van der Waals surface area contributed by atoms with E-state index in [0.717, 1.165) is 4.57 Å². The molecule has 0 saturated carbocycles. The van der Waals surface area contributed by atoms with E-state index < -0.39 is 11.9 Å². The Bertz CT molecular complexity index is 488. The number of nitrogens with zero attached hydrogens (tertiary/aromatic N) is 2. The van der Waals surface area contributed by atoms with Gasteiger partial charge in [-0.25, -0.2) is 9.18 Å². The number of aromatic nitrogens is 2. The standard InChI is InChI=1S/C10H14FN3O2/c1-13-9(15)7(4-12-10(13)16)2-3-14-5-8(11)6-14/h4,8H,2-3,5-6H2,1H3,(H,12,16). The molecular weight excluding hydrogens is 213 g/mol. The van der Waals surface area contributed by atoms with Crippen molar-refractivity contribution in [3.8, 4) is 0 Å². The highest BCUT2D eigenvalue weighted by Gasteiger charge is 2.25. The Morgan fingerprint density at radius 2 is 2.19 bits per heavy atom. The maximum atomic E-state index is 12.5. The first-order valence-corrected chi connectivity index (χ1v) is 5.22. The van der Waals surface area contributed by atoms with Crippen molar-refractivity contribution in [2.24, 2.45) is 7.05 Å². The SMILES string of the molecule is Cn1c(=O)[nH]cc(CCN2CC(F)C2)c1=O. The molecule has 6 heteroatoms. The average molecular weight is 227 g/mol. The molecule has 0 atom stereocenters. The molecule has 0 unspecified atom stereocenters. The van der Waals surface area contributed by atoms with Crippen molar-refractivity contribution < 1.29 is 4.39 Å². The van der Waals surface area contributed by atoms with Gasteiger partial charge in [-0.1, -0.05) is 0 Å². The van der Waals surface area contributed by atoms with Crippen LogP contribution in [-0.4, -0.2) is 40.3 Å². The van der Waals surface area contributed by atoms with Crippen molar-refractivity contribution in [3.63, 3.8) is 0 Å². The van der Waals surface area contributed by atoms with E-state index in [0.29, 0.717) is 31.6 Å². The van der Waals surface area contributed by atoms with Gasteiger partial charge in [-0.05, 0) is 6.42 Å². The minimum atomic E-state index is -0.724. The topological polar surface area (TPSA) is 58.1 Å². The summed E-state index contributed by atoms with van der Waals surface area (Å²) in [4.78, 5) is 27.1. The molecule has 1 fully saturated rings. The predicted octanol–water partition coefficient (Wildman–Crippen LogP) is -0.730. The van der Waals surface area contributed by atoms with Gasteiger partial charge in [0, 0.05) is 38.4 Å². The van der Waals surface area contributed by atoms with E-state index in [1.807, 2.05) is 4.90 Å². The number of H-pyrrole nitrogens is 1. The average Bonchev–Trinajstić information content (AvgIpc) is 2.22. The van der Waals surface area contributed by atoms with Gasteiger partial charge in [0.05, 0.1) is 0 Å². The first-order chi connectivity index (χ1) is 7.58. The van der Waals surface area contributed by atoms with Crippen molar-refractivity contribution in [1.82, 2.24) is 14.5 Å². The number of likely N-dealkylation sites (tertiary alicyclic amines) is 1. The van der Waals surface area contributed by atoms with Gasteiger partial charge in [-0.2, -0.15) is 0 Å². The minimum Gasteiger partial charge on any atom is -0.314 e. The number of hydrogen-bond donors (Lipinski definition) is 1. The van der Waals surface area contributed by atoms with Crippen LogP contribution in [0.3, 0.4) is 0 Å². The number of nitrogens with one attached hydrogen (secondary N) is 1. The van der Waals surface area contributed by atoms with Crippen LogP contribution >= 0.6 is 0 Å². The van der Waals surface area contributed by atoms with E-state index in [-0.39, 0.29) is 5.56 Å². The maximum Gasteiger partial charge on any atom is 0.328 e. The molecule has 2 heterocycles. The van der Waals surface area contributed by atoms with E-state index in [1.54, 1.807) is 0 Å². The van der Waals surface area contributed by atoms with Crippen LogP contribution in [0.5, 0.6) is 0 Å². The smallest absolute Gasteiger partial charge is 0.314 e. The monoisotopic (exact) mass is 227 g/mol. The summed E-state index contributed by atoms with van der Waals surface area (Å²) < 4.78 is 13.6. The molecule has 1 saturated heterocycles. The van der Waals surface area contributed by atoms with Gasteiger partial charge in [-0.15, -0.1) is 0 Å². The van der Waals surface area contributed by atoms with E-state index in [2.05, 4.69) is 4.98 Å². The molecule has 2 rings (SSSR count). The molecule has 0 spiro atoms. The molecule has 0 amide bonds. The lowest BCUT2D eigenvalue weighted by Crippen LogP contribution is -2.49. The van der Waals surface area contributed by atoms with E-state index in [9.17, 15) is 14.0 Å². The third kappa shape index (κ3) is 2.06. The summed E-state index contributed by atoms with van der Waals surface area (Å²) in [6.45, 7) is 1.55. The van der Waals surface area contributed by atoms with Gasteiger partial charge in [-0.3, -0.25) is 14.3 Å². The van der Waals surface area contributed by atoms with Crippen LogP contribution in [0.1, 0.15) is 5.56 Å². The number of hydrogen-bond acceptors (Lipinski definition) is 3. The van der Waals surface area contributed by atoms with Crippen LogP contribution in [0, 0.1) is 0 Å². The zero-order valence-electron chi connectivity index (χ0n) is 9.07. The Morgan fingerprint density at radius 1 is 1.50 bits per heavy atom. The fourth-order valence-electron chi connectivity index (χ4n) is 1.76. The Balaban J connectivity index is 2.02. The quantitative estimate of drug-likeness (QED) is 0.740. The third-order valence-electron chi connectivity index (χ3n) is 2.86. The molecule has 0 aliphatic carbocycles. The summed E-state index contributed by atoms with van der Waals surface area (Å²) in [5.74, 6) is 0. The van der Waals surface area contributed by atoms with E-state index in [4.69, 9.17) is 0 Å². The summed E-state index contributed by atoms with van der Waals surface area (Å²) in [6.07, 6.45) is 1.26. The molecule has 1 aliphatic rings. The Morgan fingerprint density at radius 3 is 2.81 bits per heavy atom. The van der Waals surface area contributed by atoms with Crippen LogP contribution in [0.4, 0.5) is 4.39 Å². The maximum absolute atomic E-state index is 12.5. The van der Waals surface area contributed by atoms with Crippen LogP contribution in [0.25, 0.3) is 0 Å². The molecule has 1 aromatic heterocycles. The molecule has 1 aliphatic heterocycles. The zero-order chi connectivity index (χ0) is 11.7. The van der Waals surface area contributed by atoms with Gasteiger partial charge in [0.25, 0.3) is 5.56 Å². The fraction of sp³-hybridized carbons (Fsp3) is 0.600. The largest absolute Gasteiger partial charge is 0.328 e. The van der Waals surface area contributed by atoms with E-state index >= 15 is 0 Å². The molecule has 16 heavy (non-hydrogen) atoms. The molecule has 88 valence electrons. The highest BCUT2D eigenvalue weighted by atomic mass is 19.1. The van der Waals surface area contributed by atoms with Crippen molar-refractivity contribution in [1.29, 1.82) is 0 Å². The second-order valence-corrected chi connectivity index (χ2v) is 4.09. The highest BCUT2D eigenvalue weighted by Crippen LogP contribution is 2.10. The number of halogens is 1. The zero-order valence-corrected chi connectivity index (χ0v) is 9.07. The van der Waals surface area contributed by atoms with Crippen LogP contribution in [0.2, 0.25) is 0 Å². The van der Waals surface area contributed by atoms with Gasteiger partial charge in [0.2, 0.25) is 0 Å². The Kier molecular flexibility index (Phi) is 2.91.